The fourth-order valence-electron chi connectivity index (χ4n) is 2.17. The van der Waals surface area contributed by atoms with E-state index in [1.54, 1.807) is 0 Å². The monoisotopic (exact) mass is 152 g/mol. The summed E-state index contributed by atoms with van der Waals surface area (Å²) in [6.45, 7) is 0. The second-order valence-corrected chi connectivity index (χ2v) is 4.08. The van der Waals surface area contributed by atoms with Gasteiger partial charge < -0.3 is 4.79 Å². The maximum Gasteiger partial charge on any atom is 0.120 e. The Morgan fingerprint density at radius 2 is 1.73 bits per heavy atom. The SMILES string of the molecule is O=CCCC(C1CC1)C1CC1. The Morgan fingerprint density at radius 3 is 2.09 bits per heavy atom. The third-order valence-corrected chi connectivity index (χ3v) is 3.07. The van der Waals surface area contributed by atoms with Gasteiger partial charge in [0.25, 0.3) is 0 Å². The van der Waals surface area contributed by atoms with Gasteiger partial charge in [0.2, 0.25) is 0 Å². The quantitative estimate of drug-likeness (QED) is 0.553. The maximum absolute atomic E-state index is 10.2. The number of carbonyl (C=O) groups excluding carboxylic acids is 1. The van der Waals surface area contributed by atoms with Crippen LogP contribution < -0.4 is 0 Å². The van der Waals surface area contributed by atoms with Crippen molar-refractivity contribution in [2.45, 2.75) is 38.5 Å². The molecule has 0 amide bonds. The van der Waals surface area contributed by atoms with Gasteiger partial charge in [-0.25, -0.2) is 0 Å². The van der Waals surface area contributed by atoms with E-state index in [4.69, 9.17) is 0 Å². The molecule has 11 heavy (non-hydrogen) atoms. The molecule has 0 spiro atoms. The van der Waals surface area contributed by atoms with Crippen molar-refractivity contribution in [1.29, 1.82) is 0 Å². The lowest BCUT2D eigenvalue weighted by atomic mass is 9.93. The summed E-state index contributed by atoms with van der Waals surface area (Å²) >= 11 is 0. The van der Waals surface area contributed by atoms with Crippen molar-refractivity contribution >= 4 is 6.29 Å². The van der Waals surface area contributed by atoms with E-state index in [1.807, 2.05) is 0 Å². The van der Waals surface area contributed by atoms with Crippen LogP contribution in [0.25, 0.3) is 0 Å². The second-order valence-electron chi connectivity index (χ2n) is 4.08. The van der Waals surface area contributed by atoms with Crippen molar-refractivity contribution in [2.24, 2.45) is 17.8 Å². The van der Waals surface area contributed by atoms with Gasteiger partial charge in [-0.05, 0) is 49.9 Å². The topological polar surface area (TPSA) is 17.1 Å². The molecule has 0 aromatic rings. The summed E-state index contributed by atoms with van der Waals surface area (Å²) < 4.78 is 0. The smallest absolute Gasteiger partial charge is 0.120 e. The summed E-state index contributed by atoms with van der Waals surface area (Å²) in [7, 11) is 0. The highest BCUT2D eigenvalue weighted by Gasteiger charge is 2.40. The minimum Gasteiger partial charge on any atom is -0.303 e. The lowest BCUT2D eigenvalue weighted by Gasteiger charge is -2.12. The largest absolute Gasteiger partial charge is 0.303 e. The van der Waals surface area contributed by atoms with Gasteiger partial charge in [0.1, 0.15) is 6.29 Å². The molecule has 1 nitrogen and oxygen atoms in total. The molecule has 2 aliphatic carbocycles. The van der Waals surface area contributed by atoms with Gasteiger partial charge in [0.05, 0.1) is 0 Å². The van der Waals surface area contributed by atoms with E-state index in [9.17, 15) is 4.79 Å². The summed E-state index contributed by atoms with van der Waals surface area (Å²) in [6, 6.07) is 0. The van der Waals surface area contributed by atoms with Crippen LogP contribution in [0.3, 0.4) is 0 Å². The molecule has 0 heterocycles. The standard InChI is InChI=1S/C10H16O/c11-7-1-2-10(8-3-4-8)9-5-6-9/h7-10H,1-6H2. The second kappa shape index (κ2) is 2.96. The average Bonchev–Trinajstić information content (AvgIpc) is 2.85. The zero-order valence-corrected chi connectivity index (χ0v) is 6.96. The first-order valence-electron chi connectivity index (χ1n) is 4.85. The first-order valence-corrected chi connectivity index (χ1v) is 4.85. The number of hydrogen-bond donors (Lipinski definition) is 0. The molecule has 0 N–H and O–H groups in total. The molecule has 2 saturated carbocycles. The Kier molecular flexibility index (Phi) is 1.97. The summed E-state index contributed by atoms with van der Waals surface area (Å²) in [4.78, 5) is 10.2. The Balaban J connectivity index is 1.77. The molecule has 0 atom stereocenters. The highest BCUT2D eigenvalue weighted by Crippen LogP contribution is 2.50. The fraction of sp³-hybridized carbons (Fsp3) is 0.900. The van der Waals surface area contributed by atoms with Crippen molar-refractivity contribution in [3.8, 4) is 0 Å². The molecule has 0 radical (unpaired) electrons. The van der Waals surface area contributed by atoms with Gasteiger partial charge in [-0.2, -0.15) is 0 Å². The lowest BCUT2D eigenvalue weighted by molar-refractivity contribution is -0.108. The Hall–Kier alpha value is -0.330. The van der Waals surface area contributed by atoms with E-state index in [0.29, 0.717) is 0 Å². The van der Waals surface area contributed by atoms with Gasteiger partial charge in [-0.3, -0.25) is 0 Å². The van der Waals surface area contributed by atoms with Crippen LogP contribution in [0.2, 0.25) is 0 Å². The van der Waals surface area contributed by atoms with Gasteiger partial charge >= 0.3 is 0 Å². The van der Waals surface area contributed by atoms with E-state index in [-0.39, 0.29) is 0 Å². The fourth-order valence-corrected chi connectivity index (χ4v) is 2.17. The van der Waals surface area contributed by atoms with Crippen molar-refractivity contribution in [3.63, 3.8) is 0 Å². The molecule has 2 aliphatic rings. The molecule has 0 aliphatic heterocycles. The molecule has 0 unspecified atom stereocenters. The van der Waals surface area contributed by atoms with Crippen LogP contribution in [0.5, 0.6) is 0 Å². The maximum atomic E-state index is 10.2. The lowest BCUT2D eigenvalue weighted by Crippen LogP contribution is -2.05. The van der Waals surface area contributed by atoms with Crippen molar-refractivity contribution < 1.29 is 4.79 Å². The number of carbonyl (C=O) groups is 1. The summed E-state index contributed by atoms with van der Waals surface area (Å²) in [5.74, 6) is 2.96. The third kappa shape index (κ3) is 1.82. The molecule has 0 aromatic carbocycles. The first-order chi connectivity index (χ1) is 5.42. The average molecular weight is 152 g/mol. The van der Waals surface area contributed by atoms with Crippen molar-refractivity contribution in [1.82, 2.24) is 0 Å². The molecule has 0 saturated heterocycles. The molecule has 2 rings (SSSR count). The van der Waals surface area contributed by atoms with Gasteiger partial charge in [-0.15, -0.1) is 0 Å². The molecule has 0 aromatic heterocycles. The van der Waals surface area contributed by atoms with Crippen LogP contribution >= 0.6 is 0 Å². The van der Waals surface area contributed by atoms with Crippen LogP contribution in [-0.4, -0.2) is 6.29 Å². The number of aldehydes is 1. The molecular formula is C10H16O. The van der Waals surface area contributed by atoms with E-state index in [2.05, 4.69) is 0 Å². The Morgan fingerprint density at radius 1 is 1.18 bits per heavy atom. The van der Waals surface area contributed by atoms with Gasteiger partial charge in [-0.1, -0.05) is 0 Å². The summed E-state index contributed by atoms with van der Waals surface area (Å²) in [5.41, 5.74) is 0. The molecular weight excluding hydrogens is 136 g/mol. The Labute approximate surface area is 68.2 Å². The van der Waals surface area contributed by atoms with Crippen LogP contribution in [0.1, 0.15) is 38.5 Å². The van der Waals surface area contributed by atoms with Gasteiger partial charge in [0.15, 0.2) is 0 Å². The zero-order chi connectivity index (χ0) is 7.68. The van der Waals surface area contributed by atoms with Crippen molar-refractivity contribution in [2.75, 3.05) is 0 Å². The van der Waals surface area contributed by atoms with Gasteiger partial charge in [0, 0.05) is 6.42 Å². The minimum absolute atomic E-state index is 0.803. The summed E-state index contributed by atoms with van der Waals surface area (Å²) in [6.07, 6.45) is 8.84. The van der Waals surface area contributed by atoms with E-state index < -0.39 is 0 Å². The normalized spacial score (nSPS) is 24.1. The number of hydrogen-bond acceptors (Lipinski definition) is 1. The van der Waals surface area contributed by atoms with E-state index in [0.717, 1.165) is 30.5 Å². The van der Waals surface area contributed by atoms with Crippen LogP contribution in [0, 0.1) is 17.8 Å². The Bertz CT molecular complexity index is 133. The first kappa shape index (κ1) is 7.33. The minimum atomic E-state index is 0.803. The zero-order valence-electron chi connectivity index (χ0n) is 6.96. The highest BCUT2D eigenvalue weighted by atomic mass is 16.1. The molecule has 0 bridgehead atoms. The third-order valence-electron chi connectivity index (χ3n) is 3.07. The molecule has 62 valence electrons. The molecule has 1 heteroatoms. The van der Waals surface area contributed by atoms with E-state index >= 15 is 0 Å². The number of rotatable bonds is 5. The highest BCUT2D eigenvalue weighted by molar-refractivity contribution is 5.49. The summed E-state index contributed by atoms with van der Waals surface area (Å²) in [5, 5.41) is 0. The van der Waals surface area contributed by atoms with Crippen LogP contribution in [-0.2, 0) is 4.79 Å². The molecule has 2 fully saturated rings. The predicted molar refractivity (Wildman–Crippen MR) is 44.2 cm³/mol. The predicted octanol–water partition coefficient (Wildman–Crippen LogP) is 2.40. The van der Waals surface area contributed by atoms with Crippen LogP contribution in [0.15, 0.2) is 0 Å². The van der Waals surface area contributed by atoms with E-state index in [1.165, 1.54) is 32.1 Å². The van der Waals surface area contributed by atoms with Crippen LogP contribution in [0.4, 0.5) is 0 Å². The van der Waals surface area contributed by atoms with Crippen molar-refractivity contribution in [3.05, 3.63) is 0 Å².